The Bertz CT molecular complexity index is 675. The molecule has 2 aromatic carbocycles. The lowest BCUT2D eigenvalue weighted by Crippen LogP contribution is -2.11. The lowest BCUT2D eigenvalue weighted by molar-refractivity contribution is 0.340. The second kappa shape index (κ2) is 6.85. The molecular weight excluding hydrogens is 274 g/mol. The van der Waals surface area contributed by atoms with Crippen molar-refractivity contribution in [3.63, 3.8) is 0 Å². The molecule has 22 heavy (non-hydrogen) atoms. The Labute approximate surface area is 130 Å². The molecule has 0 saturated heterocycles. The summed E-state index contributed by atoms with van der Waals surface area (Å²) >= 11 is 0. The molecule has 0 radical (unpaired) electrons. The zero-order valence-corrected chi connectivity index (χ0v) is 12.5. The second-order valence-corrected chi connectivity index (χ2v) is 4.96. The zero-order valence-electron chi connectivity index (χ0n) is 12.5. The molecule has 0 aliphatic rings. The highest BCUT2D eigenvalue weighted by atomic mass is 16.5. The van der Waals surface area contributed by atoms with Crippen LogP contribution in [0.4, 0.5) is 5.69 Å². The van der Waals surface area contributed by atoms with Gasteiger partial charge in [0.25, 0.3) is 0 Å². The molecule has 0 spiro atoms. The first-order valence-corrected chi connectivity index (χ1v) is 7.44. The SMILES string of the molecule is CCOc1ccc(NC(c2ccccc2)c2ccco2)cc1. The van der Waals surface area contributed by atoms with Crippen molar-refractivity contribution in [3.8, 4) is 5.75 Å². The summed E-state index contributed by atoms with van der Waals surface area (Å²) in [4.78, 5) is 0. The summed E-state index contributed by atoms with van der Waals surface area (Å²) in [5, 5.41) is 3.52. The van der Waals surface area contributed by atoms with Gasteiger partial charge in [0.05, 0.1) is 12.9 Å². The quantitative estimate of drug-likeness (QED) is 0.703. The van der Waals surface area contributed by atoms with Gasteiger partial charge in [-0.15, -0.1) is 0 Å². The number of hydrogen-bond acceptors (Lipinski definition) is 3. The van der Waals surface area contributed by atoms with Crippen LogP contribution in [0.15, 0.2) is 77.4 Å². The molecule has 0 aliphatic carbocycles. The molecule has 1 unspecified atom stereocenters. The van der Waals surface area contributed by atoms with Gasteiger partial charge < -0.3 is 14.5 Å². The topological polar surface area (TPSA) is 34.4 Å². The smallest absolute Gasteiger partial charge is 0.130 e. The first-order valence-electron chi connectivity index (χ1n) is 7.44. The Kier molecular flexibility index (Phi) is 4.44. The van der Waals surface area contributed by atoms with Crippen LogP contribution in [0.3, 0.4) is 0 Å². The maximum absolute atomic E-state index is 5.60. The Balaban J connectivity index is 1.84. The molecule has 1 atom stereocenters. The van der Waals surface area contributed by atoms with Crippen LogP contribution in [0.25, 0.3) is 0 Å². The molecule has 0 bridgehead atoms. The number of rotatable bonds is 6. The highest BCUT2D eigenvalue weighted by Crippen LogP contribution is 2.27. The van der Waals surface area contributed by atoms with E-state index in [4.69, 9.17) is 9.15 Å². The molecule has 1 heterocycles. The summed E-state index contributed by atoms with van der Waals surface area (Å²) in [6.45, 7) is 2.65. The van der Waals surface area contributed by atoms with Crippen LogP contribution in [-0.4, -0.2) is 6.61 Å². The van der Waals surface area contributed by atoms with Gasteiger partial charge in [-0.1, -0.05) is 30.3 Å². The molecule has 3 rings (SSSR count). The zero-order chi connectivity index (χ0) is 15.2. The van der Waals surface area contributed by atoms with E-state index in [1.807, 2.05) is 61.5 Å². The predicted octanol–water partition coefficient (Wildman–Crippen LogP) is 4.88. The largest absolute Gasteiger partial charge is 0.494 e. The molecule has 1 N–H and O–H groups in total. The van der Waals surface area contributed by atoms with Gasteiger partial charge in [-0.3, -0.25) is 0 Å². The predicted molar refractivity (Wildman–Crippen MR) is 88.2 cm³/mol. The highest BCUT2D eigenvalue weighted by Gasteiger charge is 2.16. The second-order valence-electron chi connectivity index (χ2n) is 4.96. The average Bonchev–Trinajstić information content (AvgIpc) is 3.09. The van der Waals surface area contributed by atoms with Crippen LogP contribution in [0.5, 0.6) is 5.75 Å². The monoisotopic (exact) mass is 293 g/mol. The number of anilines is 1. The lowest BCUT2D eigenvalue weighted by Gasteiger charge is -2.18. The van der Waals surface area contributed by atoms with E-state index in [0.717, 1.165) is 22.8 Å². The van der Waals surface area contributed by atoms with E-state index in [1.54, 1.807) is 6.26 Å². The van der Waals surface area contributed by atoms with Gasteiger partial charge in [0.2, 0.25) is 0 Å². The Hall–Kier alpha value is -2.68. The van der Waals surface area contributed by atoms with Gasteiger partial charge >= 0.3 is 0 Å². The normalized spacial score (nSPS) is 11.9. The van der Waals surface area contributed by atoms with Crippen molar-refractivity contribution in [1.29, 1.82) is 0 Å². The summed E-state index contributed by atoms with van der Waals surface area (Å²) in [5.74, 6) is 1.77. The third kappa shape index (κ3) is 3.31. The van der Waals surface area contributed by atoms with Gasteiger partial charge in [0.15, 0.2) is 0 Å². The molecule has 0 fully saturated rings. The standard InChI is InChI=1S/C19H19NO2/c1-2-21-17-12-10-16(11-13-17)20-19(18-9-6-14-22-18)15-7-4-3-5-8-15/h3-14,19-20H,2H2,1H3. The Morgan fingerprint density at radius 2 is 1.73 bits per heavy atom. The van der Waals surface area contributed by atoms with E-state index in [9.17, 15) is 0 Å². The van der Waals surface area contributed by atoms with Crippen molar-refractivity contribution in [1.82, 2.24) is 0 Å². The molecule has 3 aromatic rings. The number of furan rings is 1. The number of nitrogens with one attached hydrogen (secondary N) is 1. The molecule has 0 aliphatic heterocycles. The van der Waals surface area contributed by atoms with Crippen LogP contribution in [0.1, 0.15) is 24.3 Å². The summed E-state index contributed by atoms with van der Waals surface area (Å²) in [6.07, 6.45) is 1.70. The molecule has 0 saturated carbocycles. The highest BCUT2D eigenvalue weighted by molar-refractivity contribution is 5.50. The van der Waals surface area contributed by atoms with Crippen molar-refractivity contribution in [2.24, 2.45) is 0 Å². The number of benzene rings is 2. The minimum atomic E-state index is -0.0193. The van der Waals surface area contributed by atoms with E-state index >= 15 is 0 Å². The van der Waals surface area contributed by atoms with Crippen molar-refractivity contribution >= 4 is 5.69 Å². The molecule has 3 heteroatoms. The van der Waals surface area contributed by atoms with E-state index in [2.05, 4.69) is 17.4 Å². The van der Waals surface area contributed by atoms with Crippen molar-refractivity contribution < 1.29 is 9.15 Å². The van der Waals surface area contributed by atoms with Crippen LogP contribution in [-0.2, 0) is 0 Å². The molecule has 0 amide bonds. The van der Waals surface area contributed by atoms with Crippen molar-refractivity contribution in [2.75, 3.05) is 11.9 Å². The van der Waals surface area contributed by atoms with E-state index in [-0.39, 0.29) is 6.04 Å². The Morgan fingerprint density at radius 3 is 2.36 bits per heavy atom. The van der Waals surface area contributed by atoms with E-state index in [0.29, 0.717) is 6.61 Å². The number of ether oxygens (including phenoxy) is 1. The molecule has 3 nitrogen and oxygen atoms in total. The average molecular weight is 293 g/mol. The van der Waals surface area contributed by atoms with Gasteiger partial charge in [0, 0.05) is 5.69 Å². The van der Waals surface area contributed by atoms with E-state index in [1.165, 1.54) is 0 Å². The van der Waals surface area contributed by atoms with Gasteiger partial charge in [-0.05, 0) is 48.9 Å². The van der Waals surface area contributed by atoms with Crippen LogP contribution >= 0.6 is 0 Å². The minimum Gasteiger partial charge on any atom is -0.494 e. The van der Waals surface area contributed by atoms with Crippen LogP contribution in [0, 0.1) is 0 Å². The fourth-order valence-electron chi connectivity index (χ4n) is 2.40. The van der Waals surface area contributed by atoms with Crippen molar-refractivity contribution in [2.45, 2.75) is 13.0 Å². The third-order valence-electron chi connectivity index (χ3n) is 3.44. The lowest BCUT2D eigenvalue weighted by atomic mass is 10.0. The van der Waals surface area contributed by atoms with Gasteiger partial charge in [0.1, 0.15) is 17.6 Å². The third-order valence-corrected chi connectivity index (χ3v) is 3.44. The van der Waals surface area contributed by atoms with Gasteiger partial charge in [-0.25, -0.2) is 0 Å². The summed E-state index contributed by atoms with van der Waals surface area (Å²) in [6, 6.07) is 22.1. The summed E-state index contributed by atoms with van der Waals surface area (Å²) in [7, 11) is 0. The molecular formula is C19H19NO2. The molecule has 112 valence electrons. The maximum Gasteiger partial charge on any atom is 0.130 e. The van der Waals surface area contributed by atoms with E-state index < -0.39 is 0 Å². The first-order chi connectivity index (χ1) is 10.9. The van der Waals surface area contributed by atoms with Crippen LogP contribution in [0.2, 0.25) is 0 Å². The number of hydrogen-bond donors (Lipinski definition) is 1. The molecule has 1 aromatic heterocycles. The van der Waals surface area contributed by atoms with Crippen LogP contribution < -0.4 is 10.1 Å². The minimum absolute atomic E-state index is 0.0193. The van der Waals surface area contributed by atoms with Crippen molar-refractivity contribution in [3.05, 3.63) is 84.3 Å². The summed E-state index contributed by atoms with van der Waals surface area (Å²) in [5.41, 5.74) is 2.18. The Morgan fingerprint density at radius 1 is 0.955 bits per heavy atom. The van der Waals surface area contributed by atoms with Gasteiger partial charge in [-0.2, -0.15) is 0 Å². The fraction of sp³-hybridized carbons (Fsp3) is 0.158. The first kappa shape index (κ1) is 14.3. The fourth-order valence-corrected chi connectivity index (χ4v) is 2.40. The maximum atomic E-state index is 5.60. The summed E-state index contributed by atoms with van der Waals surface area (Å²) < 4.78 is 11.1.